The average Bonchev–Trinajstić information content (AvgIpc) is 2.66. The molecule has 1 aliphatic rings. The van der Waals surface area contributed by atoms with E-state index in [0.717, 1.165) is 22.4 Å². The maximum Gasteiger partial charge on any atom is 0.174 e. The van der Waals surface area contributed by atoms with Crippen LogP contribution >= 0.6 is 15.9 Å². The van der Waals surface area contributed by atoms with Gasteiger partial charge in [0.1, 0.15) is 0 Å². The summed E-state index contributed by atoms with van der Waals surface area (Å²) >= 11 is 3.46. The Morgan fingerprint density at radius 3 is 2.90 bits per heavy atom. The first-order valence-electron chi connectivity index (χ1n) is 3.32. The normalized spacial score (nSPS) is 12.2. The van der Waals surface area contributed by atoms with Crippen LogP contribution in [0.1, 0.15) is 12.5 Å². The minimum absolute atomic E-state index is 1.03. The maximum atomic E-state index is 5.21. The SMILES string of the molecule is CCc1c(Br)ccc2c1O2. The van der Waals surface area contributed by atoms with Gasteiger partial charge in [-0.05, 0) is 18.6 Å². The van der Waals surface area contributed by atoms with E-state index >= 15 is 0 Å². The van der Waals surface area contributed by atoms with Gasteiger partial charge in [0.25, 0.3) is 0 Å². The number of hydrogen-bond acceptors (Lipinski definition) is 1. The van der Waals surface area contributed by atoms with Gasteiger partial charge in [-0.1, -0.05) is 22.9 Å². The number of ether oxygens (including phenoxy) is 1. The van der Waals surface area contributed by atoms with Gasteiger partial charge in [0.05, 0.1) is 0 Å². The van der Waals surface area contributed by atoms with Gasteiger partial charge in [-0.2, -0.15) is 0 Å². The summed E-state index contributed by atoms with van der Waals surface area (Å²) in [5.41, 5.74) is 1.29. The van der Waals surface area contributed by atoms with Crippen LogP contribution in [0.15, 0.2) is 16.6 Å². The molecule has 0 fully saturated rings. The quantitative estimate of drug-likeness (QED) is 0.642. The van der Waals surface area contributed by atoms with Gasteiger partial charge in [-0.3, -0.25) is 0 Å². The van der Waals surface area contributed by atoms with Crippen molar-refractivity contribution in [2.45, 2.75) is 13.3 Å². The van der Waals surface area contributed by atoms with Gasteiger partial charge >= 0.3 is 0 Å². The van der Waals surface area contributed by atoms with E-state index in [9.17, 15) is 0 Å². The topological polar surface area (TPSA) is 12.5 Å². The van der Waals surface area contributed by atoms with E-state index in [2.05, 4.69) is 22.9 Å². The van der Waals surface area contributed by atoms with E-state index in [1.54, 1.807) is 0 Å². The summed E-state index contributed by atoms with van der Waals surface area (Å²) in [6.45, 7) is 2.13. The Morgan fingerprint density at radius 2 is 2.30 bits per heavy atom. The Labute approximate surface area is 68.1 Å². The molecule has 0 aromatic heterocycles. The van der Waals surface area contributed by atoms with Gasteiger partial charge in [0, 0.05) is 10.0 Å². The van der Waals surface area contributed by atoms with Crippen molar-refractivity contribution in [3.8, 4) is 11.5 Å². The first kappa shape index (κ1) is 6.23. The molecule has 0 bridgehead atoms. The summed E-state index contributed by atoms with van der Waals surface area (Å²) in [6.07, 6.45) is 1.03. The monoisotopic (exact) mass is 198 g/mol. The molecule has 0 aliphatic carbocycles. The number of benzene rings is 1. The van der Waals surface area contributed by atoms with E-state index in [1.165, 1.54) is 5.56 Å². The molecule has 10 heavy (non-hydrogen) atoms. The molecule has 0 amide bonds. The first-order chi connectivity index (χ1) is 4.83. The van der Waals surface area contributed by atoms with Crippen LogP contribution < -0.4 is 4.74 Å². The van der Waals surface area contributed by atoms with E-state index in [1.807, 2.05) is 12.1 Å². The lowest BCUT2D eigenvalue weighted by Crippen LogP contribution is -1.75. The molecule has 1 nitrogen and oxygen atoms in total. The highest BCUT2D eigenvalue weighted by Crippen LogP contribution is 2.50. The van der Waals surface area contributed by atoms with Crippen LogP contribution in [-0.4, -0.2) is 0 Å². The summed E-state index contributed by atoms with van der Waals surface area (Å²) in [6, 6.07) is 4.02. The van der Waals surface area contributed by atoms with E-state index in [-0.39, 0.29) is 0 Å². The molecule has 1 aliphatic heterocycles. The molecule has 1 aromatic rings. The molecular weight excluding hydrogens is 192 g/mol. The fraction of sp³-hybridized carbons (Fsp3) is 0.250. The van der Waals surface area contributed by atoms with Crippen LogP contribution in [0.3, 0.4) is 0 Å². The highest BCUT2D eigenvalue weighted by Gasteiger charge is 2.24. The van der Waals surface area contributed by atoms with Crippen molar-refractivity contribution in [3.63, 3.8) is 0 Å². The zero-order valence-corrected chi connectivity index (χ0v) is 7.23. The lowest BCUT2D eigenvalue weighted by molar-refractivity contribution is 0.644. The number of fused-ring (bicyclic) bond motifs is 1. The summed E-state index contributed by atoms with van der Waals surface area (Å²) < 4.78 is 6.37. The molecule has 2 heteroatoms. The van der Waals surface area contributed by atoms with Crippen LogP contribution in [0, 0.1) is 0 Å². The molecule has 0 radical (unpaired) electrons. The second-order valence-corrected chi connectivity index (χ2v) is 3.16. The van der Waals surface area contributed by atoms with Crippen molar-refractivity contribution in [1.29, 1.82) is 0 Å². The third-order valence-electron chi connectivity index (χ3n) is 1.69. The Hall–Kier alpha value is -0.500. The average molecular weight is 199 g/mol. The second-order valence-electron chi connectivity index (χ2n) is 2.31. The Balaban J connectivity index is 2.57. The highest BCUT2D eigenvalue weighted by atomic mass is 79.9. The molecule has 2 rings (SSSR count). The predicted octanol–water partition coefficient (Wildman–Crippen LogP) is 3.12. The number of halogens is 1. The van der Waals surface area contributed by atoms with Crippen molar-refractivity contribution in [2.75, 3.05) is 0 Å². The lowest BCUT2D eigenvalue weighted by Gasteiger charge is -1.92. The van der Waals surface area contributed by atoms with Crippen LogP contribution in [0.2, 0.25) is 0 Å². The Bertz CT molecular complexity index is 277. The summed E-state index contributed by atoms with van der Waals surface area (Å²) in [7, 11) is 0. The minimum Gasteiger partial charge on any atom is -0.449 e. The molecular formula is C8H7BrO. The molecule has 0 N–H and O–H groups in total. The van der Waals surface area contributed by atoms with Crippen LogP contribution in [0.4, 0.5) is 0 Å². The predicted molar refractivity (Wildman–Crippen MR) is 43.6 cm³/mol. The van der Waals surface area contributed by atoms with Crippen molar-refractivity contribution >= 4 is 15.9 Å². The molecule has 0 saturated heterocycles. The zero-order chi connectivity index (χ0) is 7.14. The van der Waals surface area contributed by atoms with Crippen molar-refractivity contribution < 1.29 is 4.74 Å². The van der Waals surface area contributed by atoms with Crippen LogP contribution in [0.25, 0.3) is 0 Å². The van der Waals surface area contributed by atoms with Crippen LogP contribution in [-0.2, 0) is 6.42 Å². The van der Waals surface area contributed by atoms with Crippen molar-refractivity contribution in [3.05, 3.63) is 22.2 Å². The summed E-state index contributed by atoms with van der Waals surface area (Å²) in [5, 5.41) is 0. The third-order valence-corrected chi connectivity index (χ3v) is 2.43. The van der Waals surface area contributed by atoms with E-state index < -0.39 is 0 Å². The van der Waals surface area contributed by atoms with Gasteiger partial charge in [-0.25, -0.2) is 0 Å². The van der Waals surface area contributed by atoms with E-state index in [0.29, 0.717) is 0 Å². The van der Waals surface area contributed by atoms with Crippen molar-refractivity contribution in [2.24, 2.45) is 0 Å². The highest BCUT2D eigenvalue weighted by molar-refractivity contribution is 9.10. The fourth-order valence-electron chi connectivity index (χ4n) is 1.09. The smallest absolute Gasteiger partial charge is 0.174 e. The first-order valence-corrected chi connectivity index (χ1v) is 4.11. The minimum atomic E-state index is 1.03. The molecule has 1 aromatic carbocycles. The Kier molecular flexibility index (Phi) is 1.24. The molecule has 0 unspecified atom stereocenters. The third kappa shape index (κ3) is 0.754. The standard InChI is InChI=1S/C8H7BrO/c1-2-5-6(9)3-4-7-8(5)10-7/h3-4H,2H2,1H3. The van der Waals surface area contributed by atoms with Gasteiger partial charge < -0.3 is 4.74 Å². The molecule has 52 valence electrons. The number of hydrogen-bond donors (Lipinski definition) is 0. The van der Waals surface area contributed by atoms with Gasteiger partial charge in [-0.15, -0.1) is 0 Å². The van der Waals surface area contributed by atoms with Gasteiger partial charge in [0.2, 0.25) is 0 Å². The summed E-state index contributed by atoms with van der Waals surface area (Å²) in [5.74, 6) is 2.12. The van der Waals surface area contributed by atoms with Crippen molar-refractivity contribution in [1.82, 2.24) is 0 Å². The fourth-order valence-corrected chi connectivity index (χ4v) is 1.68. The zero-order valence-electron chi connectivity index (χ0n) is 5.65. The van der Waals surface area contributed by atoms with E-state index in [4.69, 9.17) is 4.74 Å². The number of rotatable bonds is 1. The molecule has 0 atom stereocenters. The maximum absolute atomic E-state index is 5.21. The Morgan fingerprint density at radius 1 is 1.50 bits per heavy atom. The van der Waals surface area contributed by atoms with Gasteiger partial charge in [0.15, 0.2) is 11.5 Å². The molecule has 1 heterocycles. The summed E-state index contributed by atoms with van der Waals surface area (Å²) in [4.78, 5) is 0. The second kappa shape index (κ2) is 1.99. The van der Waals surface area contributed by atoms with Crippen LogP contribution in [0.5, 0.6) is 11.5 Å². The largest absolute Gasteiger partial charge is 0.449 e. The molecule has 0 spiro atoms. The molecule has 0 saturated carbocycles. The lowest BCUT2D eigenvalue weighted by atomic mass is 10.2.